The molecule has 0 spiro atoms. The molecule has 0 aliphatic rings. The molecule has 4 heteroatoms. The Kier molecular flexibility index (Phi) is 4.67. The van der Waals surface area contributed by atoms with Gasteiger partial charge in [-0.2, -0.15) is 0 Å². The minimum atomic E-state index is -1.79. The second-order valence-electron chi connectivity index (χ2n) is 1.88. The maximum Gasteiger partial charge on any atom is 0.354 e. The fraction of sp³-hybridized carbons (Fsp3) is 1.00. The lowest BCUT2D eigenvalue weighted by atomic mass is 10.9. The molecule has 0 aromatic carbocycles. The second kappa shape index (κ2) is 4.39. The molecule has 0 aromatic heterocycles. The molecule has 0 N–H and O–H groups in total. The van der Waals surface area contributed by atoms with Gasteiger partial charge in [-0.1, -0.05) is 8.79 Å². The lowest BCUT2D eigenvalue weighted by Gasteiger charge is -2.19. The van der Waals surface area contributed by atoms with E-state index in [9.17, 15) is 0 Å². The molecule has 0 aliphatic carbocycles. The smallest absolute Gasteiger partial charge is 0.354 e. The molecule has 9 heavy (non-hydrogen) atoms. The predicted octanol–water partition coefficient (Wildman–Crippen LogP) is 1.50. The van der Waals surface area contributed by atoms with Crippen molar-refractivity contribution in [3.05, 3.63) is 0 Å². The van der Waals surface area contributed by atoms with Crippen LogP contribution in [-0.2, 0) is 8.85 Å². The Morgan fingerprint density at radius 3 is 1.78 bits per heavy atom. The molecule has 2 nitrogen and oxygen atoms in total. The van der Waals surface area contributed by atoms with E-state index >= 15 is 0 Å². The van der Waals surface area contributed by atoms with Crippen molar-refractivity contribution in [2.75, 3.05) is 13.2 Å². The third-order valence-corrected chi connectivity index (χ3v) is 3.59. The van der Waals surface area contributed by atoms with Gasteiger partial charge in [0.25, 0.3) is 0 Å². The largest absolute Gasteiger partial charge is 0.392 e. The van der Waals surface area contributed by atoms with Crippen LogP contribution < -0.4 is 0 Å². The lowest BCUT2D eigenvalue weighted by molar-refractivity contribution is 0.211. The first kappa shape index (κ1) is 9.57. The van der Waals surface area contributed by atoms with Crippen LogP contribution in [0, 0.1) is 0 Å². The van der Waals surface area contributed by atoms with Gasteiger partial charge in [-0.25, -0.2) is 0 Å². The fourth-order valence-corrected chi connectivity index (χ4v) is 2.84. The van der Waals surface area contributed by atoms with E-state index in [0.29, 0.717) is 0 Å². The summed E-state index contributed by atoms with van der Waals surface area (Å²) < 4.78 is 10.7. The van der Waals surface area contributed by atoms with Gasteiger partial charge in [-0.05, 0) is 20.4 Å². The summed E-state index contributed by atoms with van der Waals surface area (Å²) in [5.41, 5.74) is 0. The minimum Gasteiger partial charge on any atom is -0.392 e. The lowest BCUT2D eigenvalue weighted by Crippen LogP contribution is -2.31. The molecule has 0 fully saturated rings. The van der Waals surface area contributed by atoms with Crippen molar-refractivity contribution in [3.63, 3.8) is 0 Å². The molecule has 0 bridgehead atoms. The Morgan fingerprint density at radius 1 is 1.22 bits per heavy atom. The molecule has 0 heterocycles. The summed E-state index contributed by atoms with van der Waals surface area (Å²) in [5.74, 6) is 0. The average molecular weight is 166 g/mol. The van der Waals surface area contributed by atoms with Gasteiger partial charge in [0.15, 0.2) is 0 Å². The maximum atomic E-state index is 5.35. The standard InChI is InChI=1S/C5H15O2PSi/c1-4-6-9(3,8)7-5-2/h4-5,8H2,1-3H3. The second-order valence-corrected chi connectivity index (χ2v) is 7.64. The van der Waals surface area contributed by atoms with Crippen molar-refractivity contribution in [2.24, 2.45) is 0 Å². The zero-order valence-corrected chi connectivity index (χ0v) is 8.46. The zero-order valence-electron chi connectivity index (χ0n) is 6.31. The highest BCUT2D eigenvalue weighted by Gasteiger charge is 2.22. The van der Waals surface area contributed by atoms with Crippen LogP contribution in [0.15, 0.2) is 0 Å². The van der Waals surface area contributed by atoms with Gasteiger partial charge < -0.3 is 8.85 Å². The highest BCUT2D eigenvalue weighted by Crippen LogP contribution is 2.14. The third-order valence-electron chi connectivity index (χ3n) is 0.862. The van der Waals surface area contributed by atoms with Gasteiger partial charge >= 0.3 is 8.23 Å². The van der Waals surface area contributed by atoms with Crippen LogP contribution in [-0.4, -0.2) is 21.4 Å². The number of rotatable bonds is 4. The first-order chi connectivity index (χ1) is 4.12. The van der Waals surface area contributed by atoms with Crippen LogP contribution in [0.4, 0.5) is 0 Å². The van der Waals surface area contributed by atoms with E-state index in [0.717, 1.165) is 13.2 Å². The SMILES string of the molecule is CCO[Si](C)(P)OCC. The van der Waals surface area contributed by atoms with Gasteiger partial charge in [0, 0.05) is 13.2 Å². The van der Waals surface area contributed by atoms with Gasteiger partial charge in [0.1, 0.15) is 0 Å². The van der Waals surface area contributed by atoms with E-state index < -0.39 is 8.23 Å². The van der Waals surface area contributed by atoms with E-state index in [1.165, 1.54) is 0 Å². The Labute approximate surface area is 60.2 Å². The van der Waals surface area contributed by atoms with E-state index in [1.54, 1.807) is 0 Å². The molecule has 0 amide bonds. The van der Waals surface area contributed by atoms with Crippen molar-refractivity contribution < 1.29 is 8.85 Å². The highest BCUT2D eigenvalue weighted by molar-refractivity contribution is 7.65. The van der Waals surface area contributed by atoms with Crippen LogP contribution in [0.3, 0.4) is 0 Å². The topological polar surface area (TPSA) is 18.5 Å². The minimum absolute atomic E-state index is 0.742. The van der Waals surface area contributed by atoms with E-state index in [-0.39, 0.29) is 0 Å². The van der Waals surface area contributed by atoms with Gasteiger partial charge in [0.05, 0.1) is 0 Å². The van der Waals surface area contributed by atoms with E-state index in [4.69, 9.17) is 8.85 Å². The van der Waals surface area contributed by atoms with Crippen LogP contribution in [0.25, 0.3) is 0 Å². The summed E-state index contributed by atoms with van der Waals surface area (Å²) in [4.78, 5) is 0. The molecule has 1 atom stereocenters. The quantitative estimate of drug-likeness (QED) is 0.465. The van der Waals surface area contributed by atoms with Crippen molar-refractivity contribution in [2.45, 2.75) is 20.4 Å². The van der Waals surface area contributed by atoms with Gasteiger partial charge in [-0.15, -0.1) is 0 Å². The Morgan fingerprint density at radius 2 is 1.56 bits per heavy atom. The monoisotopic (exact) mass is 166 g/mol. The molecular formula is C5H15O2PSi. The molecule has 0 saturated heterocycles. The molecule has 0 rings (SSSR count). The van der Waals surface area contributed by atoms with Gasteiger partial charge in [0.2, 0.25) is 0 Å². The summed E-state index contributed by atoms with van der Waals surface area (Å²) in [6, 6.07) is 0. The molecule has 0 aromatic rings. The van der Waals surface area contributed by atoms with Crippen LogP contribution in [0.1, 0.15) is 13.8 Å². The van der Waals surface area contributed by atoms with Crippen molar-refractivity contribution in [3.8, 4) is 0 Å². The Hall–Kier alpha value is 0.567. The number of hydrogen-bond donors (Lipinski definition) is 0. The molecular weight excluding hydrogens is 151 g/mol. The molecule has 0 aliphatic heterocycles. The van der Waals surface area contributed by atoms with E-state index in [2.05, 4.69) is 8.79 Å². The van der Waals surface area contributed by atoms with Crippen molar-refractivity contribution in [1.82, 2.24) is 0 Å². The molecule has 1 unspecified atom stereocenters. The fourth-order valence-electron chi connectivity index (χ4n) is 0.615. The first-order valence-corrected chi connectivity index (χ1v) is 7.31. The molecule has 0 saturated carbocycles. The summed E-state index contributed by atoms with van der Waals surface area (Å²) in [5, 5.41) is 0. The Balaban J connectivity index is 3.43. The van der Waals surface area contributed by atoms with Crippen LogP contribution in [0.2, 0.25) is 6.55 Å². The predicted molar refractivity (Wildman–Crippen MR) is 44.6 cm³/mol. The van der Waals surface area contributed by atoms with Crippen LogP contribution in [0.5, 0.6) is 0 Å². The molecule has 0 radical (unpaired) electrons. The first-order valence-electron chi connectivity index (χ1n) is 3.19. The Bertz CT molecular complexity index is 69.4. The third kappa shape index (κ3) is 5.03. The average Bonchev–Trinajstić information content (AvgIpc) is 1.64. The van der Waals surface area contributed by atoms with Crippen molar-refractivity contribution >= 4 is 17.0 Å². The normalized spacial score (nSPS) is 12.0. The van der Waals surface area contributed by atoms with Crippen LogP contribution >= 0.6 is 8.79 Å². The molecule has 56 valence electrons. The zero-order chi connectivity index (χ0) is 7.33. The highest BCUT2D eigenvalue weighted by atomic mass is 31.3. The van der Waals surface area contributed by atoms with E-state index in [1.807, 2.05) is 20.4 Å². The van der Waals surface area contributed by atoms with Gasteiger partial charge in [-0.3, -0.25) is 0 Å². The summed E-state index contributed by atoms with van der Waals surface area (Å²) in [7, 11) is 0.865. The maximum absolute atomic E-state index is 5.35. The van der Waals surface area contributed by atoms with Crippen molar-refractivity contribution in [1.29, 1.82) is 0 Å². The summed E-state index contributed by atoms with van der Waals surface area (Å²) in [6.45, 7) is 7.46. The number of hydrogen-bond acceptors (Lipinski definition) is 2. The summed E-state index contributed by atoms with van der Waals surface area (Å²) in [6.07, 6.45) is 0. The summed E-state index contributed by atoms with van der Waals surface area (Å²) >= 11 is 0.